The Morgan fingerprint density at radius 2 is 2.00 bits per heavy atom. The Kier molecular flexibility index (Phi) is 6.20. The third-order valence-electron chi connectivity index (χ3n) is 3.00. The summed E-state index contributed by atoms with van der Waals surface area (Å²) in [7, 11) is 1.32. The predicted octanol–water partition coefficient (Wildman–Crippen LogP) is 4.19. The molecule has 0 aromatic heterocycles. The summed E-state index contributed by atoms with van der Waals surface area (Å²) < 4.78 is 30.0. The fourth-order valence-electron chi connectivity index (χ4n) is 1.99. The minimum atomic E-state index is -0.444. The molecule has 0 radical (unpaired) electrons. The lowest BCUT2D eigenvalue weighted by Gasteiger charge is -2.15. The van der Waals surface area contributed by atoms with Crippen molar-refractivity contribution in [1.82, 2.24) is 0 Å². The SMILES string of the molecule is CCOc1cc(C(=O)OC)cc(I)c1OCc1cccc(F)c1. The molecule has 23 heavy (non-hydrogen) atoms. The molecule has 0 amide bonds. The van der Waals surface area contributed by atoms with Crippen molar-refractivity contribution in [3.63, 3.8) is 0 Å². The Labute approximate surface area is 147 Å². The first-order valence-electron chi connectivity index (χ1n) is 6.97. The predicted molar refractivity (Wildman–Crippen MR) is 92.4 cm³/mol. The molecule has 0 unspecified atom stereocenters. The van der Waals surface area contributed by atoms with Gasteiger partial charge in [0.15, 0.2) is 11.5 Å². The first kappa shape index (κ1) is 17.5. The second-order valence-electron chi connectivity index (χ2n) is 4.63. The van der Waals surface area contributed by atoms with Crippen LogP contribution in [-0.4, -0.2) is 19.7 Å². The van der Waals surface area contributed by atoms with E-state index in [1.807, 2.05) is 6.92 Å². The highest BCUT2D eigenvalue weighted by atomic mass is 127. The molecule has 0 fully saturated rings. The van der Waals surface area contributed by atoms with Gasteiger partial charge in [0.2, 0.25) is 0 Å². The molecule has 6 heteroatoms. The summed E-state index contributed by atoms with van der Waals surface area (Å²) in [5.41, 5.74) is 1.10. The van der Waals surface area contributed by atoms with Crippen molar-refractivity contribution in [2.24, 2.45) is 0 Å². The van der Waals surface area contributed by atoms with Gasteiger partial charge >= 0.3 is 5.97 Å². The lowest BCUT2D eigenvalue weighted by atomic mass is 10.2. The zero-order chi connectivity index (χ0) is 16.8. The first-order chi connectivity index (χ1) is 11.0. The van der Waals surface area contributed by atoms with E-state index in [-0.39, 0.29) is 12.4 Å². The Hall–Kier alpha value is -1.83. The summed E-state index contributed by atoms with van der Waals surface area (Å²) >= 11 is 2.06. The van der Waals surface area contributed by atoms with E-state index < -0.39 is 5.97 Å². The number of halogens is 2. The van der Waals surface area contributed by atoms with E-state index in [4.69, 9.17) is 14.2 Å². The first-order valence-corrected chi connectivity index (χ1v) is 8.05. The molecule has 0 bridgehead atoms. The number of carbonyl (C=O) groups excluding carboxylic acids is 1. The maximum Gasteiger partial charge on any atom is 0.338 e. The Morgan fingerprint density at radius 3 is 2.65 bits per heavy atom. The van der Waals surface area contributed by atoms with Crippen molar-refractivity contribution < 1.29 is 23.4 Å². The smallest absolute Gasteiger partial charge is 0.338 e. The van der Waals surface area contributed by atoms with Gasteiger partial charge in [-0.3, -0.25) is 0 Å². The van der Waals surface area contributed by atoms with Gasteiger partial charge in [-0.1, -0.05) is 12.1 Å². The fourth-order valence-corrected chi connectivity index (χ4v) is 2.75. The van der Waals surface area contributed by atoms with Gasteiger partial charge in [0.05, 0.1) is 22.9 Å². The molecule has 0 saturated heterocycles. The second-order valence-corrected chi connectivity index (χ2v) is 5.79. The molecule has 0 atom stereocenters. The van der Waals surface area contributed by atoms with Gasteiger partial charge in [0.1, 0.15) is 12.4 Å². The molecule has 0 N–H and O–H groups in total. The maximum absolute atomic E-state index is 13.2. The molecule has 0 spiro atoms. The molecule has 0 saturated carbocycles. The van der Waals surface area contributed by atoms with E-state index in [1.54, 1.807) is 24.3 Å². The van der Waals surface area contributed by atoms with Gasteiger partial charge in [-0.15, -0.1) is 0 Å². The standard InChI is InChI=1S/C17H16FIO4/c1-3-22-15-9-12(17(20)21-2)8-14(19)16(15)23-10-11-5-4-6-13(18)7-11/h4-9H,3,10H2,1-2H3. The number of methoxy groups -OCH3 is 1. The van der Waals surface area contributed by atoms with Crippen molar-refractivity contribution in [2.75, 3.05) is 13.7 Å². The highest BCUT2D eigenvalue weighted by Crippen LogP contribution is 2.35. The topological polar surface area (TPSA) is 44.8 Å². The molecule has 4 nitrogen and oxygen atoms in total. The molecule has 122 valence electrons. The van der Waals surface area contributed by atoms with Crippen LogP contribution in [0.2, 0.25) is 0 Å². The summed E-state index contributed by atoms with van der Waals surface area (Å²) in [6.45, 7) is 2.47. The number of esters is 1. The Balaban J connectivity index is 2.27. The molecule has 0 heterocycles. The molecule has 0 aliphatic carbocycles. The number of hydrogen-bond donors (Lipinski definition) is 0. The average molecular weight is 430 g/mol. The summed E-state index contributed by atoms with van der Waals surface area (Å²) in [5, 5.41) is 0. The van der Waals surface area contributed by atoms with Gasteiger partial charge in [-0.25, -0.2) is 9.18 Å². The Morgan fingerprint density at radius 1 is 1.22 bits per heavy atom. The van der Waals surface area contributed by atoms with Crippen molar-refractivity contribution in [3.8, 4) is 11.5 Å². The molecular formula is C17H16FIO4. The fraction of sp³-hybridized carbons (Fsp3) is 0.235. The van der Waals surface area contributed by atoms with E-state index in [1.165, 1.54) is 19.2 Å². The van der Waals surface area contributed by atoms with Crippen LogP contribution in [-0.2, 0) is 11.3 Å². The second kappa shape index (κ2) is 8.14. The summed E-state index contributed by atoms with van der Waals surface area (Å²) in [5.74, 6) is 0.216. The van der Waals surface area contributed by atoms with Crippen molar-refractivity contribution in [1.29, 1.82) is 0 Å². The van der Waals surface area contributed by atoms with Crippen LogP contribution in [0.15, 0.2) is 36.4 Å². The summed E-state index contributed by atoms with van der Waals surface area (Å²) in [6, 6.07) is 9.44. The Bertz CT molecular complexity index is 703. The average Bonchev–Trinajstić information content (AvgIpc) is 2.53. The van der Waals surface area contributed by atoms with Crippen LogP contribution < -0.4 is 9.47 Å². The van der Waals surface area contributed by atoms with Crippen LogP contribution in [0.1, 0.15) is 22.8 Å². The number of ether oxygens (including phenoxy) is 3. The molecule has 2 aromatic rings. The number of hydrogen-bond acceptors (Lipinski definition) is 4. The van der Waals surface area contributed by atoms with Crippen LogP contribution in [0.5, 0.6) is 11.5 Å². The van der Waals surface area contributed by atoms with Gasteiger partial charge in [0, 0.05) is 0 Å². The zero-order valence-corrected chi connectivity index (χ0v) is 14.9. The normalized spacial score (nSPS) is 10.3. The lowest BCUT2D eigenvalue weighted by molar-refractivity contribution is 0.0600. The van der Waals surface area contributed by atoms with Crippen molar-refractivity contribution in [3.05, 3.63) is 56.9 Å². The lowest BCUT2D eigenvalue weighted by Crippen LogP contribution is -2.06. The van der Waals surface area contributed by atoms with Crippen molar-refractivity contribution >= 4 is 28.6 Å². The van der Waals surface area contributed by atoms with Crippen LogP contribution in [0.25, 0.3) is 0 Å². The van der Waals surface area contributed by atoms with E-state index in [0.717, 1.165) is 0 Å². The van der Waals surface area contributed by atoms with Gasteiger partial charge in [-0.2, -0.15) is 0 Å². The molecule has 0 aliphatic heterocycles. The van der Waals surface area contributed by atoms with Gasteiger partial charge in [-0.05, 0) is 59.3 Å². The number of carbonyl (C=O) groups is 1. The van der Waals surface area contributed by atoms with E-state index in [9.17, 15) is 9.18 Å². The van der Waals surface area contributed by atoms with E-state index in [0.29, 0.717) is 32.8 Å². The number of benzene rings is 2. The third kappa shape index (κ3) is 4.57. The third-order valence-corrected chi connectivity index (χ3v) is 3.80. The van der Waals surface area contributed by atoms with Crippen molar-refractivity contribution in [2.45, 2.75) is 13.5 Å². The van der Waals surface area contributed by atoms with Crippen LogP contribution in [0.4, 0.5) is 4.39 Å². The largest absolute Gasteiger partial charge is 0.490 e. The van der Waals surface area contributed by atoms with E-state index in [2.05, 4.69) is 22.6 Å². The van der Waals surface area contributed by atoms with Crippen LogP contribution in [0, 0.1) is 9.39 Å². The monoisotopic (exact) mass is 430 g/mol. The maximum atomic E-state index is 13.2. The molecular weight excluding hydrogens is 414 g/mol. The quantitative estimate of drug-likeness (QED) is 0.509. The minimum Gasteiger partial charge on any atom is -0.490 e. The van der Waals surface area contributed by atoms with E-state index >= 15 is 0 Å². The number of rotatable bonds is 6. The molecule has 0 aliphatic rings. The highest BCUT2D eigenvalue weighted by Gasteiger charge is 2.16. The van der Waals surface area contributed by atoms with Gasteiger partial charge in [0.25, 0.3) is 0 Å². The zero-order valence-electron chi connectivity index (χ0n) is 12.8. The van der Waals surface area contributed by atoms with Crippen LogP contribution in [0.3, 0.4) is 0 Å². The molecule has 2 aromatic carbocycles. The summed E-state index contributed by atoms with van der Waals surface area (Å²) in [4.78, 5) is 11.7. The highest BCUT2D eigenvalue weighted by molar-refractivity contribution is 14.1. The van der Waals surface area contributed by atoms with Gasteiger partial charge < -0.3 is 14.2 Å². The summed E-state index contributed by atoms with van der Waals surface area (Å²) in [6.07, 6.45) is 0. The molecule has 2 rings (SSSR count). The minimum absolute atomic E-state index is 0.200. The van der Waals surface area contributed by atoms with Crippen LogP contribution >= 0.6 is 22.6 Å².